The van der Waals surface area contributed by atoms with Crippen molar-refractivity contribution < 1.29 is 10.2 Å². The smallest absolute Gasteiger partial charge is 0.253 e. The van der Waals surface area contributed by atoms with Crippen LogP contribution in [0.3, 0.4) is 0 Å². The fourth-order valence-electron chi connectivity index (χ4n) is 2.76. The normalized spacial score (nSPS) is 14.0. The monoisotopic (exact) mass is 366 g/mol. The topological polar surface area (TPSA) is 98.7 Å². The van der Waals surface area contributed by atoms with Crippen molar-refractivity contribution in [3.63, 3.8) is 0 Å². The third-order valence-corrected chi connectivity index (χ3v) is 4.49. The second kappa shape index (κ2) is 12.7. The Bertz CT molecular complexity index is 605. The van der Waals surface area contributed by atoms with Gasteiger partial charge >= 0.3 is 0 Å². The Morgan fingerprint density at radius 1 is 0.962 bits per heavy atom. The first-order chi connectivity index (χ1) is 12.6. The minimum atomic E-state index is -0.928. The Labute approximate surface area is 156 Å². The molecule has 1 aromatic rings. The highest BCUT2D eigenvalue weighted by atomic mass is 16.3. The molecule has 0 heterocycles. The molecule has 0 aromatic heterocycles. The molecule has 0 aliphatic rings. The molecule has 0 saturated heterocycles. The van der Waals surface area contributed by atoms with Crippen LogP contribution in [-0.2, 0) is 0 Å². The molecule has 0 aliphatic heterocycles. The van der Waals surface area contributed by atoms with Crippen molar-refractivity contribution in [1.82, 2.24) is 0 Å². The molecule has 1 aromatic carbocycles. The van der Waals surface area contributed by atoms with E-state index in [0.29, 0.717) is 6.54 Å². The van der Waals surface area contributed by atoms with Gasteiger partial charge in [-0.1, -0.05) is 64.5 Å². The number of allylic oxidation sites excluding steroid dienone is 1. The maximum absolute atomic E-state index is 11.8. The van der Waals surface area contributed by atoms with Gasteiger partial charge in [-0.05, 0) is 12.8 Å². The number of rotatable bonds is 15. The summed E-state index contributed by atoms with van der Waals surface area (Å²) in [4.78, 5) is 23.6. The van der Waals surface area contributed by atoms with Crippen LogP contribution in [0, 0.1) is 0 Å². The van der Waals surface area contributed by atoms with Crippen molar-refractivity contribution in [2.45, 2.75) is 77.4 Å². The van der Waals surface area contributed by atoms with Gasteiger partial charge in [-0.25, -0.2) is 0 Å². The van der Waals surface area contributed by atoms with Gasteiger partial charge in [-0.15, -0.1) is 0 Å². The summed E-state index contributed by atoms with van der Waals surface area (Å²) in [5.74, 6) is 0. The molecule has 0 amide bonds. The van der Waals surface area contributed by atoms with Crippen molar-refractivity contribution >= 4 is 11.4 Å². The average molecular weight is 367 g/mol. The van der Waals surface area contributed by atoms with Crippen LogP contribution in [0.1, 0.15) is 65.2 Å². The van der Waals surface area contributed by atoms with Crippen LogP contribution in [-0.4, -0.2) is 35.5 Å². The molecule has 0 unspecified atom stereocenters. The van der Waals surface area contributed by atoms with E-state index in [1.807, 2.05) is 6.08 Å². The van der Waals surface area contributed by atoms with Crippen molar-refractivity contribution in [3.05, 3.63) is 32.6 Å². The van der Waals surface area contributed by atoms with Crippen molar-refractivity contribution in [1.29, 1.82) is 0 Å². The lowest BCUT2D eigenvalue weighted by molar-refractivity contribution is 0.153. The van der Waals surface area contributed by atoms with E-state index in [0.717, 1.165) is 32.1 Å². The number of anilines is 2. The Balaban J connectivity index is 2.56. The summed E-state index contributed by atoms with van der Waals surface area (Å²) in [6.07, 6.45) is 11.1. The van der Waals surface area contributed by atoms with Gasteiger partial charge in [-0.3, -0.25) is 9.59 Å². The standard InChI is InChI=1S/C20H34N2O4/c1-3-5-7-9-11-13-21-17-18(20(26)19(17)25)22-15(14-23)16(24)12-10-8-6-4-2/h10,12,15-16,21-24H,3-9,11,13-14H2,1-2H3/b12-10+/t15-,16+/m0/s1. The van der Waals surface area contributed by atoms with Gasteiger partial charge in [0.25, 0.3) is 10.9 Å². The van der Waals surface area contributed by atoms with Gasteiger partial charge in [0.05, 0.1) is 18.8 Å². The zero-order valence-electron chi connectivity index (χ0n) is 16.1. The van der Waals surface area contributed by atoms with E-state index in [9.17, 15) is 19.8 Å². The number of hydrogen-bond donors (Lipinski definition) is 4. The first-order valence-electron chi connectivity index (χ1n) is 9.86. The largest absolute Gasteiger partial charge is 0.394 e. The summed E-state index contributed by atoms with van der Waals surface area (Å²) in [5, 5.41) is 25.5. The summed E-state index contributed by atoms with van der Waals surface area (Å²) in [6, 6.07) is -0.721. The van der Waals surface area contributed by atoms with Crippen LogP contribution >= 0.6 is 0 Å². The molecule has 0 radical (unpaired) electrons. The van der Waals surface area contributed by atoms with Crippen LogP contribution in [0.15, 0.2) is 21.7 Å². The SMILES string of the molecule is CCCC/C=C/[C@@H](O)[C@H](CO)Nc1c(NCCCCCCC)c(=O)c1=O. The summed E-state index contributed by atoms with van der Waals surface area (Å²) < 4.78 is 0. The molecule has 6 nitrogen and oxygen atoms in total. The van der Waals surface area contributed by atoms with Crippen molar-refractivity contribution in [2.75, 3.05) is 23.8 Å². The second-order valence-corrected chi connectivity index (χ2v) is 6.74. The van der Waals surface area contributed by atoms with E-state index in [2.05, 4.69) is 24.5 Å². The molecule has 148 valence electrons. The minimum Gasteiger partial charge on any atom is -0.394 e. The van der Waals surface area contributed by atoms with E-state index in [4.69, 9.17) is 0 Å². The lowest BCUT2D eigenvalue weighted by Gasteiger charge is -2.23. The van der Waals surface area contributed by atoms with Gasteiger partial charge in [-0.2, -0.15) is 0 Å². The molecular formula is C20H34N2O4. The minimum absolute atomic E-state index is 0.170. The fourth-order valence-corrected chi connectivity index (χ4v) is 2.76. The molecule has 26 heavy (non-hydrogen) atoms. The van der Waals surface area contributed by atoms with Gasteiger partial charge in [0.1, 0.15) is 11.4 Å². The maximum atomic E-state index is 11.8. The molecular weight excluding hydrogens is 332 g/mol. The lowest BCUT2D eigenvalue weighted by Crippen LogP contribution is -2.44. The highest BCUT2D eigenvalue weighted by Gasteiger charge is 2.25. The predicted molar refractivity (Wildman–Crippen MR) is 108 cm³/mol. The average Bonchev–Trinajstić information content (AvgIpc) is 2.65. The first-order valence-corrected chi connectivity index (χ1v) is 9.86. The van der Waals surface area contributed by atoms with E-state index in [-0.39, 0.29) is 18.0 Å². The molecule has 0 fully saturated rings. The third-order valence-electron chi connectivity index (χ3n) is 4.49. The Morgan fingerprint density at radius 3 is 2.27 bits per heavy atom. The number of aliphatic hydroxyl groups is 2. The van der Waals surface area contributed by atoms with Crippen molar-refractivity contribution in [2.24, 2.45) is 0 Å². The number of hydrogen-bond acceptors (Lipinski definition) is 6. The van der Waals surface area contributed by atoms with Crippen LogP contribution in [0.4, 0.5) is 11.4 Å². The van der Waals surface area contributed by atoms with Gasteiger partial charge in [0.15, 0.2) is 0 Å². The second-order valence-electron chi connectivity index (χ2n) is 6.74. The van der Waals surface area contributed by atoms with Crippen LogP contribution in [0.2, 0.25) is 0 Å². The van der Waals surface area contributed by atoms with Gasteiger partial charge in [0.2, 0.25) is 0 Å². The molecule has 6 heteroatoms. The Kier molecular flexibility index (Phi) is 10.9. The predicted octanol–water partition coefficient (Wildman–Crippen LogP) is 2.55. The highest BCUT2D eigenvalue weighted by molar-refractivity contribution is 5.74. The first kappa shape index (κ1) is 22.4. The summed E-state index contributed by atoms with van der Waals surface area (Å²) in [6.45, 7) is 4.54. The zero-order chi connectivity index (χ0) is 19.4. The summed E-state index contributed by atoms with van der Waals surface area (Å²) in [5.41, 5.74) is -0.695. The van der Waals surface area contributed by atoms with Crippen LogP contribution in [0.25, 0.3) is 0 Å². The quantitative estimate of drug-likeness (QED) is 0.216. The fraction of sp³-hybridized carbons (Fsp3) is 0.700. The maximum Gasteiger partial charge on any atom is 0.253 e. The molecule has 0 spiro atoms. The molecule has 0 bridgehead atoms. The molecule has 0 saturated carbocycles. The van der Waals surface area contributed by atoms with E-state index < -0.39 is 23.0 Å². The molecule has 1 rings (SSSR count). The number of nitrogens with one attached hydrogen (secondary N) is 2. The van der Waals surface area contributed by atoms with Crippen LogP contribution in [0.5, 0.6) is 0 Å². The highest BCUT2D eigenvalue weighted by Crippen LogP contribution is 2.17. The number of aliphatic hydroxyl groups excluding tert-OH is 2. The Morgan fingerprint density at radius 2 is 1.62 bits per heavy atom. The van der Waals surface area contributed by atoms with E-state index in [1.54, 1.807) is 6.08 Å². The Hall–Kier alpha value is -1.66. The lowest BCUT2D eigenvalue weighted by atomic mass is 10.1. The summed E-state index contributed by atoms with van der Waals surface area (Å²) in [7, 11) is 0. The molecule has 2 atom stereocenters. The van der Waals surface area contributed by atoms with Gasteiger partial charge in [0, 0.05) is 6.54 Å². The van der Waals surface area contributed by atoms with Crippen LogP contribution < -0.4 is 21.5 Å². The van der Waals surface area contributed by atoms with E-state index in [1.165, 1.54) is 19.3 Å². The molecule has 4 N–H and O–H groups in total. The van der Waals surface area contributed by atoms with E-state index >= 15 is 0 Å². The zero-order valence-corrected chi connectivity index (χ0v) is 16.1. The number of unbranched alkanes of at least 4 members (excludes halogenated alkanes) is 6. The van der Waals surface area contributed by atoms with Crippen molar-refractivity contribution in [3.8, 4) is 0 Å². The third kappa shape index (κ3) is 6.92. The van der Waals surface area contributed by atoms with Gasteiger partial charge < -0.3 is 20.8 Å². The summed E-state index contributed by atoms with van der Waals surface area (Å²) >= 11 is 0. The molecule has 0 aliphatic carbocycles.